The number of anilines is 2. The Morgan fingerprint density at radius 2 is 1.95 bits per heavy atom. The number of aliphatic hydroxyl groups excluding tert-OH is 1. The number of nitrogens with zero attached hydrogens (tertiary/aromatic N) is 1. The van der Waals surface area contributed by atoms with Crippen LogP contribution in [0.1, 0.15) is 42.5 Å². The topological polar surface area (TPSA) is 92.6 Å². The summed E-state index contributed by atoms with van der Waals surface area (Å²) in [7, 11) is 0. The van der Waals surface area contributed by atoms with Gasteiger partial charge in [-0.05, 0) is 31.0 Å². The fraction of sp³-hybridized carbons (Fsp3) is 0.533. The van der Waals surface area contributed by atoms with Crippen molar-refractivity contribution in [1.82, 2.24) is 4.90 Å². The molecule has 1 aromatic carbocycles. The summed E-state index contributed by atoms with van der Waals surface area (Å²) < 4.78 is 0. The zero-order valence-corrected chi connectivity index (χ0v) is 11.7. The van der Waals surface area contributed by atoms with Crippen LogP contribution in [-0.2, 0) is 0 Å². The molecular formula is C15H23N3O2. The summed E-state index contributed by atoms with van der Waals surface area (Å²) in [5.74, 6) is -0.108. The predicted molar refractivity (Wildman–Crippen MR) is 80.3 cm³/mol. The highest BCUT2D eigenvalue weighted by Crippen LogP contribution is 2.25. The van der Waals surface area contributed by atoms with Crippen LogP contribution >= 0.6 is 0 Å². The van der Waals surface area contributed by atoms with Crippen molar-refractivity contribution in [1.29, 1.82) is 0 Å². The van der Waals surface area contributed by atoms with Crippen molar-refractivity contribution < 1.29 is 9.90 Å². The van der Waals surface area contributed by atoms with Gasteiger partial charge in [0.05, 0.1) is 12.2 Å². The molecule has 5 nitrogen and oxygen atoms in total. The van der Waals surface area contributed by atoms with Gasteiger partial charge in [-0.1, -0.05) is 19.3 Å². The van der Waals surface area contributed by atoms with E-state index < -0.39 is 0 Å². The minimum absolute atomic E-state index is 0.0306. The molecule has 5 heteroatoms. The smallest absolute Gasteiger partial charge is 0.256 e. The third-order valence-electron chi connectivity index (χ3n) is 3.92. The van der Waals surface area contributed by atoms with Gasteiger partial charge in [-0.3, -0.25) is 4.79 Å². The van der Waals surface area contributed by atoms with Gasteiger partial charge in [0.25, 0.3) is 5.91 Å². The molecule has 0 unspecified atom stereocenters. The summed E-state index contributed by atoms with van der Waals surface area (Å²) in [5, 5.41) is 9.23. The van der Waals surface area contributed by atoms with E-state index in [9.17, 15) is 9.90 Å². The Kier molecular flexibility index (Phi) is 4.84. The third-order valence-corrected chi connectivity index (χ3v) is 3.92. The molecule has 0 atom stereocenters. The van der Waals surface area contributed by atoms with Crippen LogP contribution < -0.4 is 11.5 Å². The first-order valence-electron chi connectivity index (χ1n) is 7.20. The molecule has 110 valence electrons. The molecule has 0 aliphatic heterocycles. The molecule has 5 N–H and O–H groups in total. The zero-order valence-electron chi connectivity index (χ0n) is 11.7. The van der Waals surface area contributed by atoms with Gasteiger partial charge in [0.2, 0.25) is 0 Å². The Bertz CT molecular complexity index is 470. The van der Waals surface area contributed by atoms with Crippen LogP contribution in [-0.4, -0.2) is 35.1 Å². The van der Waals surface area contributed by atoms with E-state index >= 15 is 0 Å². The summed E-state index contributed by atoms with van der Waals surface area (Å²) in [6, 6.07) is 5.16. The quantitative estimate of drug-likeness (QED) is 0.729. The first-order valence-corrected chi connectivity index (χ1v) is 7.20. The molecule has 0 saturated heterocycles. The molecule has 1 amide bonds. The van der Waals surface area contributed by atoms with E-state index in [4.69, 9.17) is 11.5 Å². The van der Waals surface area contributed by atoms with Crippen LogP contribution in [0.5, 0.6) is 0 Å². The van der Waals surface area contributed by atoms with E-state index in [2.05, 4.69) is 0 Å². The highest BCUT2D eigenvalue weighted by Gasteiger charge is 2.26. The summed E-state index contributed by atoms with van der Waals surface area (Å²) in [6.07, 6.45) is 5.50. The maximum Gasteiger partial charge on any atom is 0.256 e. The second kappa shape index (κ2) is 6.61. The minimum atomic E-state index is -0.108. The van der Waals surface area contributed by atoms with Crippen molar-refractivity contribution in [2.24, 2.45) is 0 Å². The monoisotopic (exact) mass is 277 g/mol. The van der Waals surface area contributed by atoms with Gasteiger partial charge in [-0.25, -0.2) is 0 Å². The normalized spacial score (nSPS) is 16.1. The first kappa shape index (κ1) is 14.7. The minimum Gasteiger partial charge on any atom is -0.399 e. The molecule has 0 heterocycles. The summed E-state index contributed by atoms with van der Waals surface area (Å²) >= 11 is 0. The van der Waals surface area contributed by atoms with Gasteiger partial charge >= 0.3 is 0 Å². The van der Waals surface area contributed by atoms with Crippen molar-refractivity contribution in [3.8, 4) is 0 Å². The van der Waals surface area contributed by atoms with E-state index in [1.807, 2.05) is 0 Å². The van der Waals surface area contributed by atoms with Crippen LogP contribution in [0.25, 0.3) is 0 Å². The molecule has 0 spiro atoms. The van der Waals surface area contributed by atoms with Crippen molar-refractivity contribution in [3.05, 3.63) is 23.8 Å². The Morgan fingerprint density at radius 3 is 2.55 bits per heavy atom. The average molecular weight is 277 g/mol. The second-order valence-electron chi connectivity index (χ2n) is 5.36. The maximum absolute atomic E-state index is 12.7. The van der Waals surface area contributed by atoms with E-state index in [0.29, 0.717) is 23.5 Å². The van der Waals surface area contributed by atoms with E-state index in [1.165, 1.54) is 6.42 Å². The van der Waals surface area contributed by atoms with E-state index in [-0.39, 0.29) is 18.6 Å². The molecule has 0 radical (unpaired) electrons. The molecule has 1 aliphatic carbocycles. The number of rotatable bonds is 4. The first-order chi connectivity index (χ1) is 9.63. The van der Waals surface area contributed by atoms with Gasteiger partial charge in [0, 0.05) is 24.0 Å². The van der Waals surface area contributed by atoms with E-state index in [0.717, 1.165) is 25.7 Å². The average Bonchev–Trinajstić information content (AvgIpc) is 2.45. The Balaban J connectivity index is 2.21. The maximum atomic E-state index is 12.7. The SMILES string of the molecule is Nc1ccc(C(=O)N(CCO)C2CCCCC2)c(N)c1. The molecule has 0 aromatic heterocycles. The van der Waals surface area contributed by atoms with Gasteiger partial charge < -0.3 is 21.5 Å². The number of carbonyl (C=O) groups is 1. The molecule has 20 heavy (non-hydrogen) atoms. The highest BCUT2D eigenvalue weighted by molar-refractivity contribution is 5.99. The number of benzene rings is 1. The lowest BCUT2D eigenvalue weighted by Crippen LogP contribution is -2.43. The number of nitrogen functional groups attached to an aromatic ring is 2. The fourth-order valence-corrected chi connectivity index (χ4v) is 2.88. The summed E-state index contributed by atoms with van der Waals surface area (Å²) in [4.78, 5) is 14.4. The lowest BCUT2D eigenvalue weighted by Gasteiger charge is -2.34. The summed E-state index contributed by atoms with van der Waals surface area (Å²) in [6.45, 7) is 0.324. The Morgan fingerprint density at radius 1 is 1.25 bits per heavy atom. The van der Waals surface area contributed by atoms with E-state index in [1.54, 1.807) is 23.1 Å². The standard InChI is InChI=1S/C15H23N3O2/c16-11-6-7-13(14(17)10-11)15(20)18(8-9-19)12-4-2-1-3-5-12/h6-7,10,12,19H,1-5,8-9,16-17H2. The van der Waals surface area contributed by atoms with Gasteiger partial charge in [0.1, 0.15) is 0 Å². The number of hydrogen-bond donors (Lipinski definition) is 3. The molecule has 1 fully saturated rings. The number of hydrogen-bond acceptors (Lipinski definition) is 4. The molecular weight excluding hydrogens is 254 g/mol. The lowest BCUT2D eigenvalue weighted by atomic mass is 9.93. The number of amides is 1. The molecule has 2 rings (SSSR count). The highest BCUT2D eigenvalue weighted by atomic mass is 16.3. The molecule has 1 aliphatic rings. The molecule has 0 bridgehead atoms. The van der Waals surface area contributed by atoms with Crippen LogP contribution in [0.4, 0.5) is 11.4 Å². The molecule has 1 aromatic rings. The fourth-order valence-electron chi connectivity index (χ4n) is 2.88. The largest absolute Gasteiger partial charge is 0.399 e. The summed E-state index contributed by atoms with van der Waals surface area (Å²) in [5.41, 5.74) is 13.0. The lowest BCUT2D eigenvalue weighted by molar-refractivity contribution is 0.0586. The zero-order chi connectivity index (χ0) is 14.5. The molecule has 1 saturated carbocycles. The number of aliphatic hydroxyl groups is 1. The van der Waals surface area contributed by atoms with Crippen LogP contribution in [0.2, 0.25) is 0 Å². The number of nitrogens with two attached hydrogens (primary N) is 2. The Hall–Kier alpha value is -1.75. The van der Waals surface area contributed by atoms with Crippen LogP contribution in [0, 0.1) is 0 Å². The Labute approximate surface area is 119 Å². The van der Waals surface area contributed by atoms with Gasteiger partial charge in [-0.2, -0.15) is 0 Å². The van der Waals surface area contributed by atoms with Crippen molar-refractivity contribution in [2.75, 3.05) is 24.6 Å². The van der Waals surface area contributed by atoms with Crippen molar-refractivity contribution in [2.45, 2.75) is 38.1 Å². The van der Waals surface area contributed by atoms with Gasteiger partial charge in [0.15, 0.2) is 0 Å². The van der Waals surface area contributed by atoms with Crippen LogP contribution in [0.3, 0.4) is 0 Å². The third kappa shape index (κ3) is 3.22. The van der Waals surface area contributed by atoms with Crippen LogP contribution in [0.15, 0.2) is 18.2 Å². The van der Waals surface area contributed by atoms with Crippen molar-refractivity contribution >= 4 is 17.3 Å². The number of carbonyl (C=O) groups excluding carboxylic acids is 1. The predicted octanol–water partition coefficient (Wildman–Crippen LogP) is 1.62. The van der Waals surface area contributed by atoms with Gasteiger partial charge in [-0.15, -0.1) is 0 Å². The van der Waals surface area contributed by atoms with Crippen molar-refractivity contribution in [3.63, 3.8) is 0 Å². The second-order valence-corrected chi connectivity index (χ2v) is 5.36.